The van der Waals surface area contributed by atoms with Gasteiger partial charge in [-0.25, -0.2) is 16.8 Å². The van der Waals surface area contributed by atoms with Crippen molar-refractivity contribution in [3.63, 3.8) is 0 Å². The summed E-state index contributed by atoms with van der Waals surface area (Å²) in [6, 6.07) is 14.3. The maximum Gasteiger partial charge on any atom is 0.244 e. The first kappa shape index (κ1) is 21.0. The lowest BCUT2D eigenvalue weighted by molar-refractivity contribution is 0.208. The number of hydrogen-bond donors (Lipinski definition) is 0. The number of nitrogens with zero attached hydrogens (tertiary/aromatic N) is 2. The van der Waals surface area contributed by atoms with Crippen molar-refractivity contribution >= 4 is 20.0 Å². The maximum absolute atomic E-state index is 13.3. The lowest BCUT2D eigenvalue weighted by Crippen LogP contribution is -2.48. The molecule has 2 aromatic rings. The van der Waals surface area contributed by atoms with E-state index >= 15 is 0 Å². The molecule has 0 N–H and O–H groups in total. The fourth-order valence-corrected chi connectivity index (χ4v) is 7.42. The highest BCUT2D eigenvalue weighted by Crippen LogP contribution is 2.35. The summed E-state index contributed by atoms with van der Waals surface area (Å²) in [6.45, 7) is 7.44. The molecule has 2 atom stereocenters. The highest BCUT2D eigenvalue weighted by Gasteiger charge is 2.50. The Balaban J connectivity index is 2.07. The predicted molar refractivity (Wildman–Crippen MR) is 109 cm³/mol. The Morgan fingerprint density at radius 2 is 1.39 bits per heavy atom. The Morgan fingerprint density at radius 1 is 0.857 bits per heavy atom. The molecule has 1 aliphatic heterocycles. The van der Waals surface area contributed by atoms with E-state index in [1.807, 2.05) is 20.8 Å². The van der Waals surface area contributed by atoms with Crippen molar-refractivity contribution in [1.82, 2.24) is 8.61 Å². The highest BCUT2D eigenvalue weighted by atomic mass is 32.2. The molecule has 28 heavy (non-hydrogen) atoms. The third-order valence-corrected chi connectivity index (χ3v) is 8.83. The van der Waals surface area contributed by atoms with Crippen molar-refractivity contribution in [2.45, 2.75) is 49.7 Å². The van der Waals surface area contributed by atoms with Gasteiger partial charge in [0.1, 0.15) is 0 Å². The summed E-state index contributed by atoms with van der Waals surface area (Å²) in [5, 5.41) is 0. The summed E-state index contributed by atoms with van der Waals surface area (Å²) in [5.74, 6) is -0.219. The van der Waals surface area contributed by atoms with Crippen LogP contribution in [0.5, 0.6) is 0 Å². The monoisotopic (exact) mass is 422 g/mol. The predicted octanol–water partition coefficient (Wildman–Crippen LogP) is 3.06. The number of sulfonamides is 2. The molecule has 0 spiro atoms. The topological polar surface area (TPSA) is 74.8 Å². The first-order valence-electron chi connectivity index (χ1n) is 9.24. The molecule has 8 heteroatoms. The molecule has 0 aliphatic carbocycles. The number of benzene rings is 2. The van der Waals surface area contributed by atoms with Crippen LogP contribution in [0.4, 0.5) is 0 Å². The van der Waals surface area contributed by atoms with Gasteiger partial charge in [0.05, 0.1) is 16.0 Å². The van der Waals surface area contributed by atoms with E-state index in [9.17, 15) is 16.8 Å². The molecule has 3 rings (SSSR count). The smallest absolute Gasteiger partial charge is 0.207 e. The van der Waals surface area contributed by atoms with Gasteiger partial charge >= 0.3 is 0 Å². The lowest BCUT2D eigenvalue weighted by Gasteiger charge is -2.33. The average Bonchev–Trinajstić information content (AvgIpc) is 3.02. The van der Waals surface area contributed by atoms with Crippen LogP contribution in [-0.2, 0) is 20.0 Å². The molecule has 152 valence electrons. The van der Waals surface area contributed by atoms with Crippen LogP contribution in [0.2, 0.25) is 0 Å². The zero-order valence-corrected chi connectivity index (χ0v) is 18.1. The molecule has 6 nitrogen and oxygen atoms in total. The van der Waals surface area contributed by atoms with E-state index < -0.39 is 32.3 Å². The van der Waals surface area contributed by atoms with Crippen molar-refractivity contribution in [3.05, 3.63) is 60.2 Å². The van der Waals surface area contributed by atoms with Crippen LogP contribution in [0, 0.1) is 12.8 Å². The second kappa shape index (κ2) is 7.59. The summed E-state index contributed by atoms with van der Waals surface area (Å²) in [5.41, 5.74) is 0.961. The molecule has 0 radical (unpaired) electrons. The number of rotatable bonds is 5. The molecule has 1 fully saturated rings. The minimum Gasteiger partial charge on any atom is -0.207 e. The van der Waals surface area contributed by atoms with Gasteiger partial charge in [0.2, 0.25) is 20.0 Å². The van der Waals surface area contributed by atoms with Crippen LogP contribution in [0.3, 0.4) is 0 Å². The number of aryl methyl sites for hydroxylation is 1. The van der Waals surface area contributed by atoms with E-state index in [1.54, 1.807) is 49.4 Å². The van der Waals surface area contributed by atoms with E-state index in [1.165, 1.54) is 20.7 Å². The van der Waals surface area contributed by atoms with E-state index in [0.29, 0.717) is 0 Å². The lowest BCUT2D eigenvalue weighted by atomic mass is 10.2. The standard InChI is InChI=1S/C20H26N2O4S2/c1-15(2)20-21(27(23,24)19-12-10-16(3)11-13-19)14-17(4)22(20)28(25,26)18-8-6-5-7-9-18/h5-13,15,17,20H,14H2,1-4H3/t17-,20-/m1/s1. The molecule has 0 saturated carbocycles. The maximum atomic E-state index is 13.3. The van der Waals surface area contributed by atoms with Crippen LogP contribution in [-0.4, -0.2) is 44.2 Å². The molecule has 1 aliphatic rings. The SMILES string of the molecule is Cc1ccc(S(=O)(=O)N2C[C@@H](C)N(S(=O)(=O)c3ccccc3)[C@@H]2C(C)C)cc1. The summed E-state index contributed by atoms with van der Waals surface area (Å²) in [4.78, 5) is 0.344. The molecule has 2 aromatic carbocycles. The fraction of sp³-hybridized carbons (Fsp3) is 0.400. The van der Waals surface area contributed by atoms with Gasteiger partial charge in [-0.15, -0.1) is 0 Å². The Hall–Kier alpha value is -1.74. The van der Waals surface area contributed by atoms with Gasteiger partial charge in [0.15, 0.2) is 0 Å². The number of hydrogen-bond acceptors (Lipinski definition) is 4. The molecule has 0 unspecified atom stereocenters. The molecule has 1 heterocycles. The fourth-order valence-electron chi connectivity index (χ4n) is 3.64. The largest absolute Gasteiger partial charge is 0.244 e. The third-order valence-electron chi connectivity index (χ3n) is 4.98. The van der Waals surface area contributed by atoms with E-state index in [0.717, 1.165) is 5.56 Å². The van der Waals surface area contributed by atoms with Gasteiger partial charge in [-0.1, -0.05) is 49.7 Å². The molecule has 1 saturated heterocycles. The summed E-state index contributed by atoms with van der Waals surface area (Å²) in [7, 11) is -7.67. The van der Waals surface area contributed by atoms with Gasteiger partial charge in [-0.3, -0.25) is 0 Å². The Labute approximate surface area is 167 Å². The first-order chi connectivity index (χ1) is 13.1. The summed E-state index contributed by atoms with van der Waals surface area (Å²) in [6.07, 6.45) is -0.786. The van der Waals surface area contributed by atoms with Gasteiger partial charge in [-0.2, -0.15) is 8.61 Å². The van der Waals surface area contributed by atoms with Crippen LogP contribution < -0.4 is 0 Å². The second-order valence-electron chi connectivity index (χ2n) is 7.54. The quantitative estimate of drug-likeness (QED) is 0.742. The van der Waals surface area contributed by atoms with Crippen molar-refractivity contribution in [2.24, 2.45) is 5.92 Å². The molecule has 0 amide bonds. The van der Waals surface area contributed by atoms with Crippen LogP contribution in [0.15, 0.2) is 64.4 Å². The van der Waals surface area contributed by atoms with E-state index in [-0.39, 0.29) is 22.3 Å². The summed E-state index contributed by atoms with van der Waals surface area (Å²) < 4.78 is 55.9. The Bertz CT molecular complexity index is 1030. The Morgan fingerprint density at radius 3 is 1.93 bits per heavy atom. The van der Waals surface area contributed by atoms with Crippen LogP contribution >= 0.6 is 0 Å². The minimum atomic E-state index is -3.84. The van der Waals surface area contributed by atoms with E-state index in [2.05, 4.69) is 0 Å². The summed E-state index contributed by atoms with van der Waals surface area (Å²) >= 11 is 0. The second-order valence-corrected chi connectivity index (χ2v) is 11.3. The van der Waals surface area contributed by atoms with Gasteiger partial charge in [-0.05, 0) is 44.0 Å². The van der Waals surface area contributed by atoms with Crippen molar-refractivity contribution in [2.75, 3.05) is 6.54 Å². The van der Waals surface area contributed by atoms with Crippen molar-refractivity contribution in [1.29, 1.82) is 0 Å². The first-order valence-corrected chi connectivity index (χ1v) is 12.1. The zero-order valence-electron chi connectivity index (χ0n) is 16.5. The molecular weight excluding hydrogens is 396 g/mol. The third kappa shape index (κ3) is 3.61. The van der Waals surface area contributed by atoms with Crippen LogP contribution in [0.1, 0.15) is 26.3 Å². The Kier molecular flexibility index (Phi) is 5.69. The molecular formula is C20H26N2O4S2. The van der Waals surface area contributed by atoms with E-state index in [4.69, 9.17) is 0 Å². The van der Waals surface area contributed by atoms with Crippen molar-refractivity contribution in [3.8, 4) is 0 Å². The van der Waals surface area contributed by atoms with Crippen molar-refractivity contribution < 1.29 is 16.8 Å². The normalized spacial score (nSPS) is 22.0. The average molecular weight is 423 g/mol. The minimum absolute atomic E-state index is 0.116. The molecule has 0 bridgehead atoms. The van der Waals surface area contributed by atoms with Gasteiger partial charge in [0.25, 0.3) is 0 Å². The zero-order chi connectivity index (χ0) is 20.7. The molecule has 0 aromatic heterocycles. The van der Waals surface area contributed by atoms with Crippen LogP contribution in [0.25, 0.3) is 0 Å². The highest BCUT2D eigenvalue weighted by molar-refractivity contribution is 7.90. The van der Waals surface area contributed by atoms with Gasteiger partial charge < -0.3 is 0 Å². The van der Waals surface area contributed by atoms with Gasteiger partial charge in [0, 0.05) is 12.6 Å².